The molecule has 1 aliphatic heterocycles. The smallest absolute Gasteiger partial charge is 0.407 e. The third-order valence-corrected chi connectivity index (χ3v) is 2.72. The molecule has 0 bridgehead atoms. The van der Waals surface area contributed by atoms with Crippen molar-refractivity contribution < 1.29 is 9.53 Å². The van der Waals surface area contributed by atoms with Crippen LogP contribution < -0.4 is 10.6 Å². The van der Waals surface area contributed by atoms with E-state index in [0.717, 1.165) is 6.54 Å². The van der Waals surface area contributed by atoms with Crippen molar-refractivity contribution in [2.24, 2.45) is 5.92 Å². The summed E-state index contributed by atoms with van der Waals surface area (Å²) in [7, 11) is 0. The molecule has 4 heteroatoms. The number of alkyl carbamates (subject to hydrolysis) is 1. The Bertz CT molecular complexity index is 243. The van der Waals surface area contributed by atoms with Crippen LogP contribution in [0.4, 0.5) is 4.79 Å². The summed E-state index contributed by atoms with van der Waals surface area (Å²) >= 11 is 0. The minimum absolute atomic E-state index is 0.134. The molecular weight excluding hydrogens is 192 g/mol. The summed E-state index contributed by atoms with van der Waals surface area (Å²) in [6.45, 7) is 11.5. The number of rotatable bonds is 2. The lowest BCUT2D eigenvalue weighted by Gasteiger charge is -2.46. The number of carbonyl (C=O) groups is 1. The van der Waals surface area contributed by atoms with Gasteiger partial charge in [-0.2, -0.15) is 0 Å². The fraction of sp³-hybridized carbons (Fsp3) is 0.909. The van der Waals surface area contributed by atoms with Gasteiger partial charge in [-0.25, -0.2) is 4.79 Å². The molecule has 1 rings (SSSR count). The van der Waals surface area contributed by atoms with Crippen molar-refractivity contribution >= 4 is 6.09 Å². The van der Waals surface area contributed by atoms with E-state index < -0.39 is 5.60 Å². The van der Waals surface area contributed by atoms with Crippen molar-refractivity contribution in [3.05, 3.63) is 0 Å². The van der Waals surface area contributed by atoms with Gasteiger partial charge in [0.15, 0.2) is 0 Å². The first kappa shape index (κ1) is 12.3. The van der Waals surface area contributed by atoms with Crippen molar-refractivity contribution in [1.29, 1.82) is 0 Å². The number of hydrogen-bond donors (Lipinski definition) is 2. The van der Waals surface area contributed by atoms with Gasteiger partial charge in [0.2, 0.25) is 0 Å². The summed E-state index contributed by atoms with van der Waals surface area (Å²) in [6.07, 6.45) is -0.329. The van der Waals surface area contributed by atoms with Gasteiger partial charge >= 0.3 is 6.09 Å². The molecule has 2 N–H and O–H groups in total. The highest BCUT2D eigenvalue weighted by atomic mass is 16.6. The van der Waals surface area contributed by atoms with E-state index in [4.69, 9.17) is 4.74 Å². The third-order valence-electron chi connectivity index (χ3n) is 2.72. The van der Waals surface area contributed by atoms with Crippen LogP contribution in [0.1, 0.15) is 34.6 Å². The zero-order chi connectivity index (χ0) is 11.7. The van der Waals surface area contributed by atoms with Crippen molar-refractivity contribution in [3.8, 4) is 0 Å². The van der Waals surface area contributed by atoms with E-state index >= 15 is 0 Å². The number of amides is 1. The average molecular weight is 214 g/mol. The molecule has 0 aliphatic carbocycles. The van der Waals surface area contributed by atoms with Gasteiger partial charge in [-0.1, -0.05) is 0 Å². The number of ether oxygens (including phenoxy) is 1. The molecule has 1 heterocycles. The van der Waals surface area contributed by atoms with Crippen LogP contribution in [0.3, 0.4) is 0 Å². The molecule has 0 saturated carbocycles. The van der Waals surface area contributed by atoms with Gasteiger partial charge in [-0.05, 0) is 34.6 Å². The number of carbonyl (C=O) groups excluding carboxylic acids is 1. The zero-order valence-electron chi connectivity index (χ0n) is 10.3. The van der Waals surface area contributed by atoms with Crippen molar-refractivity contribution in [3.63, 3.8) is 0 Å². The highest BCUT2D eigenvalue weighted by Gasteiger charge is 2.37. The van der Waals surface area contributed by atoms with Crippen LogP contribution in [0.25, 0.3) is 0 Å². The number of nitrogens with one attached hydrogen (secondary N) is 2. The topological polar surface area (TPSA) is 50.4 Å². The van der Waals surface area contributed by atoms with Gasteiger partial charge in [0.25, 0.3) is 0 Å². The molecule has 1 atom stereocenters. The fourth-order valence-corrected chi connectivity index (χ4v) is 1.50. The minimum atomic E-state index is -0.419. The van der Waals surface area contributed by atoms with E-state index in [1.165, 1.54) is 0 Å². The highest BCUT2D eigenvalue weighted by Crippen LogP contribution is 2.24. The highest BCUT2D eigenvalue weighted by molar-refractivity contribution is 5.67. The summed E-state index contributed by atoms with van der Waals surface area (Å²) in [6, 6.07) is 0. The lowest BCUT2D eigenvalue weighted by atomic mass is 9.80. The van der Waals surface area contributed by atoms with Crippen LogP contribution in [-0.4, -0.2) is 30.3 Å². The summed E-state index contributed by atoms with van der Waals surface area (Å²) in [5, 5.41) is 6.11. The maximum Gasteiger partial charge on any atom is 0.407 e. The van der Waals surface area contributed by atoms with Crippen molar-refractivity contribution in [1.82, 2.24) is 10.6 Å². The van der Waals surface area contributed by atoms with E-state index in [2.05, 4.69) is 24.5 Å². The van der Waals surface area contributed by atoms with Gasteiger partial charge in [0, 0.05) is 24.5 Å². The first-order valence-electron chi connectivity index (χ1n) is 5.42. The maximum atomic E-state index is 11.4. The summed E-state index contributed by atoms with van der Waals surface area (Å²) in [4.78, 5) is 11.4. The van der Waals surface area contributed by atoms with Gasteiger partial charge in [0.05, 0.1) is 0 Å². The molecule has 4 nitrogen and oxygen atoms in total. The first-order chi connectivity index (χ1) is 6.71. The van der Waals surface area contributed by atoms with Crippen molar-refractivity contribution in [2.75, 3.05) is 13.1 Å². The van der Waals surface area contributed by atoms with E-state index in [-0.39, 0.29) is 11.6 Å². The standard InChI is InChI=1S/C11H22N2O2/c1-10(2,3)15-9(14)12-6-8-7-13-11(8,4)5/h8,13H,6-7H2,1-5H3,(H,12,14). The van der Waals surface area contributed by atoms with E-state index in [1.54, 1.807) is 0 Å². The molecule has 1 fully saturated rings. The molecule has 88 valence electrons. The molecule has 1 saturated heterocycles. The molecule has 1 unspecified atom stereocenters. The molecule has 0 radical (unpaired) electrons. The van der Waals surface area contributed by atoms with Gasteiger partial charge in [0.1, 0.15) is 5.60 Å². The van der Waals surface area contributed by atoms with E-state index in [1.807, 2.05) is 20.8 Å². The molecule has 0 spiro atoms. The lowest BCUT2D eigenvalue weighted by Crippen LogP contribution is -2.64. The van der Waals surface area contributed by atoms with Crippen LogP contribution in [0, 0.1) is 5.92 Å². The number of hydrogen-bond acceptors (Lipinski definition) is 3. The predicted octanol–water partition coefficient (Wildman–Crippen LogP) is 1.51. The Morgan fingerprint density at radius 1 is 1.53 bits per heavy atom. The Hall–Kier alpha value is -0.770. The average Bonchev–Trinajstić information content (AvgIpc) is 1.99. The Morgan fingerprint density at radius 3 is 2.47 bits per heavy atom. The van der Waals surface area contributed by atoms with E-state index in [0.29, 0.717) is 12.5 Å². The molecule has 0 aromatic rings. The summed E-state index contributed by atoms with van der Waals surface area (Å²) in [5.74, 6) is 0.491. The lowest BCUT2D eigenvalue weighted by molar-refractivity contribution is 0.0482. The first-order valence-corrected chi connectivity index (χ1v) is 5.42. The summed E-state index contributed by atoms with van der Waals surface area (Å²) in [5.41, 5.74) is -0.285. The molecule has 1 aliphatic rings. The van der Waals surface area contributed by atoms with Crippen LogP contribution in [-0.2, 0) is 4.74 Å². The Morgan fingerprint density at radius 2 is 2.13 bits per heavy atom. The molecule has 15 heavy (non-hydrogen) atoms. The predicted molar refractivity (Wildman–Crippen MR) is 59.8 cm³/mol. The minimum Gasteiger partial charge on any atom is -0.444 e. The Labute approximate surface area is 91.8 Å². The van der Waals surface area contributed by atoms with Crippen LogP contribution in [0.15, 0.2) is 0 Å². The second-order valence-corrected chi connectivity index (χ2v) is 5.68. The largest absolute Gasteiger partial charge is 0.444 e. The van der Waals surface area contributed by atoms with Crippen LogP contribution in [0.2, 0.25) is 0 Å². The van der Waals surface area contributed by atoms with Crippen molar-refractivity contribution in [2.45, 2.75) is 45.8 Å². The normalized spacial score (nSPS) is 24.2. The Kier molecular flexibility index (Phi) is 3.28. The zero-order valence-corrected chi connectivity index (χ0v) is 10.3. The third kappa shape index (κ3) is 3.70. The second kappa shape index (κ2) is 4.00. The summed E-state index contributed by atoms with van der Waals surface area (Å²) < 4.78 is 5.15. The van der Waals surface area contributed by atoms with Gasteiger partial charge in [-0.15, -0.1) is 0 Å². The molecular formula is C11H22N2O2. The molecule has 0 aromatic heterocycles. The second-order valence-electron chi connectivity index (χ2n) is 5.68. The quantitative estimate of drug-likeness (QED) is 0.732. The SMILES string of the molecule is CC(C)(C)OC(=O)NCC1CNC1(C)C. The maximum absolute atomic E-state index is 11.4. The Balaban J connectivity index is 2.23. The van der Waals surface area contributed by atoms with E-state index in [9.17, 15) is 4.79 Å². The molecule has 0 aromatic carbocycles. The van der Waals surface area contributed by atoms with Gasteiger partial charge < -0.3 is 15.4 Å². The van der Waals surface area contributed by atoms with Crippen LogP contribution in [0.5, 0.6) is 0 Å². The fourth-order valence-electron chi connectivity index (χ4n) is 1.50. The van der Waals surface area contributed by atoms with Crippen LogP contribution >= 0.6 is 0 Å². The van der Waals surface area contributed by atoms with Gasteiger partial charge in [-0.3, -0.25) is 0 Å². The monoisotopic (exact) mass is 214 g/mol. The molecule has 1 amide bonds.